The van der Waals surface area contributed by atoms with Crippen molar-refractivity contribution in [2.45, 2.75) is 77.6 Å². The summed E-state index contributed by atoms with van der Waals surface area (Å²) >= 11 is 0. The van der Waals surface area contributed by atoms with Crippen LogP contribution < -0.4 is 0 Å². The summed E-state index contributed by atoms with van der Waals surface area (Å²) < 4.78 is 6.26. The molecule has 0 spiro atoms. The van der Waals surface area contributed by atoms with Crippen molar-refractivity contribution in [3.8, 4) is 0 Å². The molecule has 4 bridgehead atoms. The summed E-state index contributed by atoms with van der Waals surface area (Å²) in [5.41, 5.74) is 1.36. The smallest absolute Gasteiger partial charge is 0.192 e. The van der Waals surface area contributed by atoms with Crippen molar-refractivity contribution in [1.29, 1.82) is 0 Å². The molecular formula is C19H28O3. The van der Waals surface area contributed by atoms with E-state index in [2.05, 4.69) is 32.9 Å². The van der Waals surface area contributed by atoms with E-state index in [0.717, 1.165) is 25.7 Å². The number of ketones is 1. The molecule has 5 aliphatic rings. The van der Waals surface area contributed by atoms with Crippen LogP contribution in [0.5, 0.6) is 0 Å². The predicted molar refractivity (Wildman–Crippen MR) is 86.5 cm³/mol. The molecule has 0 radical (unpaired) electrons. The van der Waals surface area contributed by atoms with E-state index in [1.165, 1.54) is 5.57 Å². The summed E-state index contributed by atoms with van der Waals surface area (Å²) in [4.78, 5) is 12.7. The van der Waals surface area contributed by atoms with E-state index in [4.69, 9.17) is 4.74 Å². The van der Waals surface area contributed by atoms with Crippen LogP contribution in [0, 0.1) is 11.3 Å². The van der Waals surface area contributed by atoms with Gasteiger partial charge in [0.1, 0.15) is 6.10 Å². The molecule has 1 fully saturated rings. The average molecular weight is 304 g/mol. The zero-order valence-corrected chi connectivity index (χ0v) is 14.2. The highest BCUT2D eigenvalue weighted by molar-refractivity contribution is 6.01. The standard InChI is InChI=1S/C19H28O3/c1-12-6-5-8-19(4)17(21)16(20)14-11-18(3,9-7-12)13(2)10-15(14)22-19/h6,11,13,15,17,21H,5,7-10H2,1-4H3/b12-6-/t13-,15-,17-,18-,19+/m1/s1. The van der Waals surface area contributed by atoms with Gasteiger partial charge >= 0.3 is 0 Å². The Kier molecular flexibility index (Phi) is 3.85. The summed E-state index contributed by atoms with van der Waals surface area (Å²) in [6.45, 7) is 8.57. The highest BCUT2D eigenvalue weighted by atomic mass is 16.5. The average Bonchev–Trinajstić information content (AvgIpc) is 2.45. The fourth-order valence-electron chi connectivity index (χ4n) is 4.16. The van der Waals surface area contributed by atoms with E-state index in [-0.39, 0.29) is 17.3 Å². The van der Waals surface area contributed by atoms with Crippen molar-refractivity contribution in [3.63, 3.8) is 0 Å². The Hall–Kier alpha value is -0.930. The number of aliphatic hydroxyl groups is 1. The predicted octanol–water partition coefficient (Wildman–Crippen LogP) is 3.57. The SMILES string of the molecule is C/C1=C/CC[C@]2(C)O[C@@H]3C[C@@H](C)[C@@](C)(C=C3C(=O)[C@H]2O)CC1. The third-order valence-electron chi connectivity index (χ3n) is 6.24. The monoisotopic (exact) mass is 304 g/mol. The molecule has 3 heterocycles. The maximum atomic E-state index is 12.7. The number of aliphatic hydroxyl groups excluding tert-OH is 1. The molecule has 2 aliphatic carbocycles. The zero-order valence-electron chi connectivity index (χ0n) is 14.2. The Morgan fingerprint density at radius 3 is 2.77 bits per heavy atom. The molecule has 5 atom stereocenters. The third kappa shape index (κ3) is 2.48. The highest BCUT2D eigenvalue weighted by Crippen LogP contribution is 2.48. The third-order valence-corrected chi connectivity index (χ3v) is 6.24. The molecule has 0 amide bonds. The second-order valence-electron chi connectivity index (χ2n) is 8.02. The number of Topliss-reactive ketones (excluding diaryl/α,β-unsaturated/α-hetero) is 1. The van der Waals surface area contributed by atoms with E-state index >= 15 is 0 Å². The molecule has 0 aromatic rings. The first-order chi connectivity index (χ1) is 10.3. The molecular weight excluding hydrogens is 276 g/mol. The molecule has 22 heavy (non-hydrogen) atoms. The fourth-order valence-corrected chi connectivity index (χ4v) is 4.16. The molecule has 1 N–H and O–H groups in total. The van der Waals surface area contributed by atoms with Crippen LogP contribution in [0.2, 0.25) is 0 Å². The Balaban J connectivity index is 2.08. The molecule has 5 rings (SSSR count). The quantitative estimate of drug-likeness (QED) is 0.696. The Morgan fingerprint density at radius 2 is 2.05 bits per heavy atom. The first-order valence-corrected chi connectivity index (χ1v) is 8.54. The minimum Gasteiger partial charge on any atom is -0.382 e. The number of ether oxygens (including phenoxy) is 1. The number of hydrogen-bond acceptors (Lipinski definition) is 3. The summed E-state index contributed by atoms with van der Waals surface area (Å²) in [5, 5.41) is 10.5. The van der Waals surface area contributed by atoms with Crippen LogP contribution in [-0.2, 0) is 9.53 Å². The number of carbonyl (C=O) groups is 1. The van der Waals surface area contributed by atoms with Gasteiger partial charge in [-0.05, 0) is 57.3 Å². The number of rotatable bonds is 0. The van der Waals surface area contributed by atoms with E-state index in [1.54, 1.807) is 0 Å². The van der Waals surface area contributed by atoms with Crippen LogP contribution in [0.4, 0.5) is 0 Å². The van der Waals surface area contributed by atoms with Gasteiger partial charge in [-0.15, -0.1) is 0 Å². The molecule has 0 saturated carbocycles. The van der Waals surface area contributed by atoms with E-state index < -0.39 is 11.7 Å². The molecule has 0 unspecified atom stereocenters. The molecule has 0 aromatic carbocycles. The summed E-state index contributed by atoms with van der Waals surface area (Å²) in [6, 6.07) is 0. The second-order valence-corrected chi connectivity index (χ2v) is 8.02. The van der Waals surface area contributed by atoms with Gasteiger partial charge in [0.2, 0.25) is 0 Å². The Labute approximate surface area is 133 Å². The maximum Gasteiger partial charge on any atom is 0.192 e. The van der Waals surface area contributed by atoms with Gasteiger partial charge in [0.15, 0.2) is 5.78 Å². The van der Waals surface area contributed by atoms with Gasteiger partial charge in [0, 0.05) is 5.57 Å². The lowest BCUT2D eigenvalue weighted by molar-refractivity contribution is -0.179. The van der Waals surface area contributed by atoms with Crippen LogP contribution >= 0.6 is 0 Å². The van der Waals surface area contributed by atoms with E-state index in [9.17, 15) is 9.90 Å². The molecule has 3 aliphatic heterocycles. The van der Waals surface area contributed by atoms with Gasteiger partial charge in [-0.3, -0.25) is 4.79 Å². The lowest BCUT2D eigenvalue weighted by Crippen LogP contribution is -2.57. The summed E-state index contributed by atoms with van der Waals surface area (Å²) in [6.07, 6.45) is 7.71. The van der Waals surface area contributed by atoms with Gasteiger partial charge in [0.05, 0.1) is 11.7 Å². The lowest BCUT2D eigenvalue weighted by atomic mass is 9.64. The number of carbonyl (C=O) groups excluding carboxylic acids is 1. The van der Waals surface area contributed by atoms with Gasteiger partial charge in [-0.1, -0.05) is 31.6 Å². The number of fused-ring (bicyclic) bond motifs is 2. The Bertz CT molecular complexity index is 547. The molecule has 122 valence electrons. The fraction of sp³-hybridized carbons (Fsp3) is 0.737. The molecule has 1 saturated heterocycles. The van der Waals surface area contributed by atoms with Crippen molar-refractivity contribution in [2.75, 3.05) is 0 Å². The van der Waals surface area contributed by atoms with Crippen LogP contribution in [0.1, 0.15) is 59.8 Å². The van der Waals surface area contributed by atoms with E-state index in [1.807, 2.05) is 6.92 Å². The van der Waals surface area contributed by atoms with Crippen molar-refractivity contribution in [1.82, 2.24) is 0 Å². The maximum absolute atomic E-state index is 12.7. The largest absolute Gasteiger partial charge is 0.382 e. The van der Waals surface area contributed by atoms with Crippen molar-refractivity contribution < 1.29 is 14.6 Å². The van der Waals surface area contributed by atoms with Gasteiger partial charge in [-0.25, -0.2) is 0 Å². The lowest BCUT2D eigenvalue weighted by Gasteiger charge is -2.49. The van der Waals surface area contributed by atoms with Crippen molar-refractivity contribution in [2.24, 2.45) is 11.3 Å². The van der Waals surface area contributed by atoms with Crippen LogP contribution in [0.25, 0.3) is 0 Å². The van der Waals surface area contributed by atoms with Gasteiger partial charge in [0.25, 0.3) is 0 Å². The summed E-state index contributed by atoms with van der Waals surface area (Å²) in [7, 11) is 0. The number of hydrogen-bond donors (Lipinski definition) is 1. The van der Waals surface area contributed by atoms with Crippen LogP contribution in [0.15, 0.2) is 23.3 Å². The second kappa shape index (κ2) is 5.31. The topological polar surface area (TPSA) is 46.5 Å². The first-order valence-electron chi connectivity index (χ1n) is 8.54. The van der Waals surface area contributed by atoms with Crippen LogP contribution in [0.3, 0.4) is 0 Å². The van der Waals surface area contributed by atoms with E-state index in [0.29, 0.717) is 17.9 Å². The molecule has 3 heteroatoms. The first kappa shape index (κ1) is 15.9. The zero-order chi connectivity index (χ0) is 16.1. The minimum atomic E-state index is -1.04. The van der Waals surface area contributed by atoms with Crippen molar-refractivity contribution >= 4 is 5.78 Å². The minimum absolute atomic E-state index is 0.00656. The molecule has 3 nitrogen and oxygen atoms in total. The summed E-state index contributed by atoms with van der Waals surface area (Å²) in [5.74, 6) is 0.360. The van der Waals surface area contributed by atoms with Crippen molar-refractivity contribution in [3.05, 3.63) is 23.3 Å². The number of allylic oxidation sites excluding steroid dienone is 3. The van der Waals surface area contributed by atoms with Crippen LogP contribution in [-0.4, -0.2) is 28.7 Å². The van der Waals surface area contributed by atoms with Gasteiger partial charge in [-0.2, -0.15) is 0 Å². The normalized spacial score (nSPS) is 48.2. The highest BCUT2D eigenvalue weighted by Gasteiger charge is 2.51. The Morgan fingerprint density at radius 1 is 1.32 bits per heavy atom. The van der Waals surface area contributed by atoms with Gasteiger partial charge < -0.3 is 9.84 Å². The molecule has 0 aromatic heterocycles.